The molecule has 0 saturated carbocycles. The van der Waals surface area contributed by atoms with Crippen LogP contribution in [-0.4, -0.2) is 29.4 Å². The molecule has 2 heteroatoms. The first kappa shape index (κ1) is 11.5. The van der Waals surface area contributed by atoms with Crippen molar-refractivity contribution in [3.63, 3.8) is 0 Å². The summed E-state index contributed by atoms with van der Waals surface area (Å²) < 4.78 is 0. The van der Waals surface area contributed by atoms with Gasteiger partial charge >= 0.3 is 0 Å². The third kappa shape index (κ3) is 5.02. The highest BCUT2D eigenvalue weighted by molar-refractivity contribution is 9.09. The number of alkyl halides is 1. The minimum absolute atomic E-state index is 0.491. The highest BCUT2D eigenvalue weighted by atomic mass is 79.9. The Morgan fingerprint density at radius 2 is 1.77 bits per heavy atom. The molecule has 0 aromatic carbocycles. The largest absolute Gasteiger partial charge is 0.303 e. The second-order valence-electron chi connectivity index (χ2n) is 5.33. The van der Waals surface area contributed by atoms with Gasteiger partial charge in [-0.2, -0.15) is 0 Å². The molecule has 0 unspecified atom stereocenters. The van der Waals surface area contributed by atoms with Crippen LogP contribution in [0.15, 0.2) is 0 Å². The van der Waals surface area contributed by atoms with Crippen LogP contribution in [0, 0.1) is 5.41 Å². The Balaban J connectivity index is 2.16. The highest BCUT2D eigenvalue weighted by Crippen LogP contribution is 2.22. The van der Waals surface area contributed by atoms with Crippen molar-refractivity contribution in [2.24, 2.45) is 5.41 Å². The monoisotopic (exact) mass is 247 g/mol. The molecule has 0 bridgehead atoms. The summed E-state index contributed by atoms with van der Waals surface area (Å²) in [6, 6.07) is 0. The van der Waals surface area contributed by atoms with E-state index in [0.717, 1.165) is 4.83 Å². The Kier molecular flexibility index (Phi) is 4.24. The first-order chi connectivity index (χ1) is 5.97. The molecule has 1 saturated heterocycles. The average molecular weight is 248 g/mol. The van der Waals surface area contributed by atoms with Gasteiger partial charge < -0.3 is 4.90 Å². The molecule has 0 aromatic heterocycles. The van der Waals surface area contributed by atoms with E-state index in [1.807, 2.05) is 0 Å². The quantitative estimate of drug-likeness (QED) is 0.678. The van der Waals surface area contributed by atoms with Crippen molar-refractivity contribution < 1.29 is 0 Å². The van der Waals surface area contributed by atoms with E-state index in [1.165, 1.54) is 38.9 Å². The lowest BCUT2D eigenvalue weighted by molar-refractivity contribution is 0.200. The van der Waals surface area contributed by atoms with E-state index in [0.29, 0.717) is 5.41 Å². The van der Waals surface area contributed by atoms with Crippen LogP contribution in [-0.2, 0) is 0 Å². The molecule has 1 aliphatic heterocycles. The van der Waals surface area contributed by atoms with Gasteiger partial charge in [-0.3, -0.25) is 0 Å². The molecule has 1 fully saturated rings. The fourth-order valence-electron chi connectivity index (χ4n) is 1.62. The summed E-state index contributed by atoms with van der Waals surface area (Å²) in [5.74, 6) is 0. The van der Waals surface area contributed by atoms with Crippen molar-refractivity contribution >= 4 is 15.9 Å². The summed E-state index contributed by atoms with van der Waals surface area (Å²) in [6.07, 6.45) is 3.97. The zero-order chi connectivity index (χ0) is 9.90. The van der Waals surface area contributed by atoms with Gasteiger partial charge in [-0.1, -0.05) is 36.7 Å². The van der Waals surface area contributed by atoms with Gasteiger partial charge in [-0.05, 0) is 44.3 Å². The third-order valence-corrected chi connectivity index (χ3v) is 3.61. The Morgan fingerprint density at radius 1 is 1.23 bits per heavy atom. The predicted octanol–water partition coefficient (Wildman–Crippen LogP) is 3.28. The van der Waals surface area contributed by atoms with E-state index in [4.69, 9.17) is 0 Å². The second kappa shape index (κ2) is 4.79. The fourth-order valence-corrected chi connectivity index (χ4v) is 2.03. The van der Waals surface area contributed by atoms with Crippen LogP contribution in [0.4, 0.5) is 0 Å². The number of nitrogens with zero attached hydrogens (tertiary/aromatic N) is 1. The predicted molar refractivity (Wildman–Crippen MR) is 62.5 cm³/mol. The SMILES string of the molecule is CC(C)(C)CCN1CCC(Br)CC1. The number of likely N-dealkylation sites (tertiary alicyclic amines) is 1. The molecule has 1 heterocycles. The molecule has 78 valence electrons. The van der Waals surface area contributed by atoms with Crippen LogP contribution in [0.1, 0.15) is 40.0 Å². The summed E-state index contributed by atoms with van der Waals surface area (Å²) in [6.45, 7) is 10.8. The van der Waals surface area contributed by atoms with Gasteiger partial charge in [0.2, 0.25) is 0 Å². The van der Waals surface area contributed by atoms with Crippen molar-refractivity contribution in [2.75, 3.05) is 19.6 Å². The normalized spacial score (nSPS) is 22.2. The molecule has 0 radical (unpaired) electrons. The Labute approximate surface area is 91.0 Å². The van der Waals surface area contributed by atoms with Gasteiger partial charge in [0.25, 0.3) is 0 Å². The molecular weight excluding hydrogens is 226 g/mol. The zero-order valence-electron chi connectivity index (χ0n) is 9.15. The van der Waals surface area contributed by atoms with E-state index >= 15 is 0 Å². The van der Waals surface area contributed by atoms with Gasteiger partial charge in [-0.15, -0.1) is 0 Å². The molecule has 0 atom stereocenters. The van der Waals surface area contributed by atoms with Crippen molar-refractivity contribution in [1.29, 1.82) is 0 Å². The number of hydrogen-bond donors (Lipinski definition) is 0. The second-order valence-corrected chi connectivity index (χ2v) is 6.62. The lowest BCUT2D eigenvalue weighted by atomic mass is 9.92. The minimum Gasteiger partial charge on any atom is -0.303 e. The molecule has 13 heavy (non-hydrogen) atoms. The summed E-state index contributed by atoms with van der Waals surface area (Å²) in [7, 11) is 0. The lowest BCUT2D eigenvalue weighted by Gasteiger charge is -2.31. The highest BCUT2D eigenvalue weighted by Gasteiger charge is 2.18. The maximum Gasteiger partial charge on any atom is 0.0170 e. The summed E-state index contributed by atoms with van der Waals surface area (Å²) in [4.78, 5) is 3.38. The molecule has 1 rings (SSSR count). The Morgan fingerprint density at radius 3 is 2.23 bits per heavy atom. The van der Waals surface area contributed by atoms with Crippen molar-refractivity contribution in [3.8, 4) is 0 Å². The lowest BCUT2D eigenvalue weighted by Crippen LogP contribution is -2.35. The van der Waals surface area contributed by atoms with E-state index < -0.39 is 0 Å². The maximum absolute atomic E-state index is 3.68. The van der Waals surface area contributed by atoms with Gasteiger partial charge in [0.15, 0.2) is 0 Å². The van der Waals surface area contributed by atoms with Crippen LogP contribution in [0.3, 0.4) is 0 Å². The Bertz CT molecular complexity index is 143. The molecule has 0 aliphatic carbocycles. The minimum atomic E-state index is 0.491. The molecular formula is C11H22BrN. The summed E-state index contributed by atoms with van der Waals surface area (Å²) >= 11 is 3.68. The van der Waals surface area contributed by atoms with Gasteiger partial charge in [0.05, 0.1) is 0 Å². The fraction of sp³-hybridized carbons (Fsp3) is 1.00. The van der Waals surface area contributed by atoms with Crippen molar-refractivity contribution in [1.82, 2.24) is 4.90 Å². The smallest absolute Gasteiger partial charge is 0.0170 e. The molecule has 1 aliphatic rings. The van der Waals surface area contributed by atoms with Crippen LogP contribution >= 0.6 is 15.9 Å². The number of hydrogen-bond acceptors (Lipinski definition) is 1. The topological polar surface area (TPSA) is 3.24 Å². The van der Waals surface area contributed by atoms with E-state index in [9.17, 15) is 0 Å². The van der Waals surface area contributed by atoms with Gasteiger partial charge in [0, 0.05) is 4.83 Å². The molecule has 0 aromatic rings. The summed E-state index contributed by atoms with van der Waals surface area (Å²) in [5, 5.41) is 0. The van der Waals surface area contributed by atoms with E-state index in [-0.39, 0.29) is 0 Å². The van der Waals surface area contributed by atoms with Crippen LogP contribution < -0.4 is 0 Å². The molecule has 1 nitrogen and oxygen atoms in total. The van der Waals surface area contributed by atoms with Crippen molar-refractivity contribution in [3.05, 3.63) is 0 Å². The van der Waals surface area contributed by atoms with Crippen LogP contribution in [0.2, 0.25) is 0 Å². The zero-order valence-corrected chi connectivity index (χ0v) is 10.7. The maximum atomic E-state index is 3.68. The summed E-state index contributed by atoms with van der Waals surface area (Å²) in [5.41, 5.74) is 0.491. The van der Waals surface area contributed by atoms with E-state index in [1.54, 1.807) is 0 Å². The van der Waals surface area contributed by atoms with Gasteiger partial charge in [-0.25, -0.2) is 0 Å². The first-order valence-corrected chi connectivity index (χ1v) is 6.25. The first-order valence-electron chi connectivity index (χ1n) is 5.34. The standard InChI is InChI=1S/C11H22BrN/c1-11(2,3)6-9-13-7-4-10(12)5-8-13/h10H,4-9H2,1-3H3. The third-order valence-electron chi connectivity index (χ3n) is 2.70. The number of halogens is 1. The number of piperidine rings is 1. The Hall–Kier alpha value is 0.440. The number of rotatable bonds is 2. The molecule has 0 spiro atoms. The van der Waals surface area contributed by atoms with Crippen molar-refractivity contribution in [2.45, 2.75) is 44.9 Å². The molecule has 0 amide bonds. The van der Waals surface area contributed by atoms with Gasteiger partial charge in [0.1, 0.15) is 0 Å². The van der Waals surface area contributed by atoms with Crippen LogP contribution in [0.5, 0.6) is 0 Å². The average Bonchev–Trinajstić information content (AvgIpc) is 2.02. The van der Waals surface area contributed by atoms with E-state index in [2.05, 4.69) is 41.6 Å². The molecule has 0 N–H and O–H groups in total. The van der Waals surface area contributed by atoms with Crippen LogP contribution in [0.25, 0.3) is 0 Å².